The minimum Gasteiger partial charge on any atom is -0.375 e. The number of nitrogen functional groups attached to an aromatic ring is 1. The SMILES string of the molecule is CCCNC(=O)CCNC(=O)c1csc(N)n1. The monoisotopic (exact) mass is 256 g/mol. The van der Waals surface area contributed by atoms with Crippen LogP contribution in [0.15, 0.2) is 5.38 Å². The maximum Gasteiger partial charge on any atom is 0.270 e. The fourth-order valence-corrected chi connectivity index (χ4v) is 1.67. The number of hydrogen-bond acceptors (Lipinski definition) is 5. The van der Waals surface area contributed by atoms with Gasteiger partial charge in [0.1, 0.15) is 5.69 Å². The summed E-state index contributed by atoms with van der Waals surface area (Å²) in [5.41, 5.74) is 5.70. The lowest BCUT2D eigenvalue weighted by Crippen LogP contribution is -2.31. The molecule has 4 N–H and O–H groups in total. The van der Waals surface area contributed by atoms with E-state index >= 15 is 0 Å². The summed E-state index contributed by atoms with van der Waals surface area (Å²) in [6.45, 7) is 2.94. The Hall–Kier alpha value is -1.63. The van der Waals surface area contributed by atoms with Crippen LogP contribution in [0.5, 0.6) is 0 Å². The van der Waals surface area contributed by atoms with Gasteiger partial charge in [0.05, 0.1) is 0 Å². The third kappa shape index (κ3) is 4.81. The standard InChI is InChI=1S/C10H16N4O2S/c1-2-4-12-8(15)3-5-13-9(16)7-6-17-10(11)14-7/h6H,2-5H2,1H3,(H2,11,14)(H,12,15)(H,13,16). The molecular formula is C10H16N4O2S. The quantitative estimate of drug-likeness (QED) is 0.685. The van der Waals surface area contributed by atoms with Crippen LogP contribution in [-0.4, -0.2) is 29.9 Å². The number of hydrogen-bond donors (Lipinski definition) is 3. The molecule has 2 amide bonds. The third-order valence-corrected chi connectivity index (χ3v) is 2.64. The summed E-state index contributed by atoms with van der Waals surface area (Å²) in [4.78, 5) is 26.6. The molecule has 6 nitrogen and oxygen atoms in total. The van der Waals surface area contributed by atoms with Gasteiger partial charge in [-0.2, -0.15) is 0 Å². The van der Waals surface area contributed by atoms with Gasteiger partial charge in [-0.3, -0.25) is 9.59 Å². The lowest BCUT2D eigenvalue weighted by atomic mass is 10.3. The van der Waals surface area contributed by atoms with E-state index in [1.165, 1.54) is 11.3 Å². The van der Waals surface area contributed by atoms with E-state index in [4.69, 9.17) is 5.73 Å². The smallest absolute Gasteiger partial charge is 0.270 e. The Bertz CT molecular complexity index is 391. The number of carbonyl (C=O) groups is 2. The largest absolute Gasteiger partial charge is 0.375 e. The van der Waals surface area contributed by atoms with E-state index < -0.39 is 0 Å². The number of amides is 2. The molecule has 0 radical (unpaired) electrons. The van der Waals surface area contributed by atoms with Gasteiger partial charge in [-0.05, 0) is 6.42 Å². The van der Waals surface area contributed by atoms with E-state index in [0.717, 1.165) is 6.42 Å². The predicted molar refractivity (Wildman–Crippen MR) is 66.8 cm³/mol. The summed E-state index contributed by atoms with van der Waals surface area (Å²) in [6, 6.07) is 0. The number of rotatable bonds is 6. The first kappa shape index (κ1) is 13.4. The van der Waals surface area contributed by atoms with Crippen LogP contribution in [0.3, 0.4) is 0 Å². The number of nitrogens with one attached hydrogen (secondary N) is 2. The van der Waals surface area contributed by atoms with Crippen LogP contribution < -0.4 is 16.4 Å². The number of nitrogens with zero attached hydrogens (tertiary/aromatic N) is 1. The van der Waals surface area contributed by atoms with Crippen molar-refractivity contribution in [3.63, 3.8) is 0 Å². The van der Waals surface area contributed by atoms with Crippen molar-refractivity contribution >= 4 is 28.3 Å². The molecular weight excluding hydrogens is 240 g/mol. The minimum absolute atomic E-state index is 0.0649. The van der Waals surface area contributed by atoms with Crippen LogP contribution in [0.25, 0.3) is 0 Å². The van der Waals surface area contributed by atoms with Gasteiger partial charge in [0, 0.05) is 24.9 Å². The highest BCUT2D eigenvalue weighted by atomic mass is 32.1. The molecule has 0 aliphatic heterocycles. The van der Waals surface area contributed by atoms with Gasteiger partial charge >= 0.3 is 0 Å². The number of nitrogens with two attached hydrogens (primary N) is 1. The van der Waals surface area contributed by atoms with Crippen molar-refractivity contribution in [1.29, 1.82) is 0 Å². The molecule has 7 heteroatoms. The second-order valence-corrected chi connectivity index (χ2v) is 4.32. The zero-order valence-corrected chi connectivity index (χ0v) is 10.5. The molecule has 1 aromatic rings. The first-order valence-corrected chi connectivity index (χ1v) is 6.27. The number of anilines is 1. The van der Waals surface area contributed by atoms with Crippen LogP contribution >= 0.6 is 11.3 Å². The Kier molecular flexibility index (Phi) is 5.41. The van der Waals surface area contributed by atoms with E-state index in [1.54, 1.807) is 5.38 Å². The second-order valence-electron chi connectivity index (χ2n) is 3.43. The van der Waals surface area contributed by atoms with Crippen molar-refractivity contribution < 1.29 is 9.59 Å². The highest BCUT2D eigenvalue weighted by Crippen LogP contribution is 2.10. The molecule has 0 aromatic carbocycles. The summed E-state index contributed by atoms with van der Waals surface area (Å²) in [5, 5.41) is 7.28. The number of carbonyl (C=O) groups excluding carboxylic acids is 2. The Morgan fingerprint density at radius 1 is 1.41 bits per heavy atom. The summed E-state index contributed by atoms with van der Waals surface area (Å²) in [6.07, 6.45) is 1.17. The van der Waals surface area contributed by atoms with Gasteiger partial charge in [0.2, 0.25) is 5.91 Å². The lowest BCUT2D eigenvalue weighted by Gasteiger charge is -2.04. The molecule has 94 valence electrons. The average Bonchev–Trinajstić information content (AvgIpc) is 2.73. The molecule has 0 aliphatic carbocycles. The molecule has 1 heterocycles. The fraction of sp³-hybridized carbons (Fsp3) is 0.500. The topological polar surface area (TPSA) is 97.1 Å². The van der Waals surface area contributed by atoms with Crippen LogP contribution in [0.4, 0.5) is 5.13 Å². The summed E-state index contributed by atoms with van der Waals surface area (Å²) in [7, 11) is 0. The molecule has 0 bridgehead atoms. The third-order valence-electron chi connectivity index (χ3n) is 1.96. The van der Waals surface area contributed by atoms with Crippen molar-refractivity contribution in [3.05, 3.63) is 11.1 Å². The molecule has 1 aromatic heterocycles. The first-order chi connectivity index (χ1) is 8.13. The highest BCUT2D eigenvalue weighted by molar-refractivity contribution is 7.13. The summed E-state index contributed by atoms with van der Waals surface area (Å²) >= 11 is 1.21. The molecule has 17 heavy (non-hydrogen) atoms. The van der Waals surface area contributed by atoms with Gasteiger partial charge in [0.25, 0.3) is 5.91 Å². The fourth-order valence-electron chi connectivity index (χ4n) is 1.12. The van der Waals surface area contributed by atoms with Crippen molar-refractivity contribution in [2.75, 3.05) is 18.8 Å². The molecule has 0 spiro atoms. The maximum atomic E-state index is 11.5. The van der Waals surface area contributed by atoms with Crippen molar-refractivity contribution in [1.82, 2.24) is 15.6 Å². The van der Waals surface area contributed by atoms with E-state index in [2.05, 4.69) is 15.6 Å². The second kappa shape index (κ2) is 6.85. The molecule has 0 saturated heterocycles. The van der Waals surface area contributed by atoms with Gasteiger partial charge in [0.15, 0.2) is 5.13 Å². The Morgan fingerprint density at radius 2 is 2.18 bits per heavy atom. The Morgan fingerprint density at radius 3 is 2.76 bits per heavy atom. The maximum absolute atomic E-state index is 11.5. The Balaban J connectivity index is 2.23. The Labute approximate surface area is 104 Å². The number of thiazole rings is 1. The molecule has 1 rings (SSSR count). The van der Waals surface area contributed by atoms with E-state index in [9.17, 15) is 9.59 Å². The summed E-state index contributed by atoms with van der Waals surface area (Å²) in [5.74, 6) is -0.369. The molecule has 0 saturated carbocycles. The van der Waals surface area contributed by atoms with E-state index in [-0.39, 0.29) is 18.2 Å². The first-order valence-electron chi connectivity index (χ1n) is 5.39. The zero-order chi connectivity index (χ0) is 12.7. The van der Waals surface area contributed by atoms with Gasteiger partial charge < -0.3 is 16.4 Å². The van der Waals surface area contributed by atoms with Crippen molar-refractivity contribution in [2.24, 2.45) is 0 Å². The highest BCUT2D eigenvalue weighted by Gasteiger charge is 2.09. The van der Waals surface area contributed by atoms with Crippen molar-refractivity contribution in [3.8, 4) is 0 Å². The molecule has 0 aliphatic rings. The number of aromatic nitrogens is 1. The average molecular weight is 256 g/mol. The van der Waals surface area contributed by atoms with Gasteiger partial charge in [-0.25, -0.2) is 4.98 Å². The van der Waals surface area contributed by atoms with E-state index in [1.807, 2.05) is 6.92 Å². The van der Waals surface area contributed by atoms with E-state index in [0.29, 0.717) is 23.9 Å². The predicted octanol–water partition coefficient (Wildman–Crippen LogP) is 0.371. The molecule has 0 atom stereocenters. The normalized spacial score (nSPS) is 9.94. The van der Waals surface area contributed by atoms with Gasteiger partial charge in [-0.15, -0.1) is 11.3 Å². The zero-order valence-electron chi connectivity index (χ0n) is 9.66. The molecule has 0 fully saturated rings. The lowest BCUT2D eigenvalue weighted by molar-refractivity contribution is -0.120. The van der Waals surface area contributed by atoms with Crippen LogP contribution in [0.2, 0.25) is 0 Å². The minimum atomic E-state index is -0.304. The van der Waals surface area contributed by atoms with Crippen LogP contribution in [0, 0.1) is 0 Å². The summed E-state index contributed by atoms with van der Waals surface area (Å²) < 4.78 is 0. The van der Waals surface area contributed by atoms with Crippen molar-refractivity contribution in [2.45, 2.75) is 19.8 Å². The molecule has 0 unspecified atom stereocenters. The van der Waals surface area contributed by atoms with Crippen LogP contribution in [0.1, 0.15) is 30.3 Å². The van der Waals surface area contributed by atoms with Crippen LogP contribution in [-0.2, 0) is 4.79 Å². The van der Waals surface area contributed by atoms with Gasteiger partial charge in [-0.1, -0.05) is 6.92 Å².